The van der Waals surface area contributed by atoms with Gasteiger partial charge in [-0.3, -0.25) is 9.19 Å². The summed E-state index contributed by atoms with van der Waals surface area (Å²) in [5, 5.41) is 1.07. The number of para-hydroxylation sites is 1. The summed E-state index contributed by atoms with van der Waals surface area (Å²) >= 11 is 5.38. The number of aryl methyl sites for hydroxylation is 1. The van der Waals surface area contributed by atoms with Crippen molar-refractivity contribution in [2.75, 3.05) is 11.5 Å². The van der Waals surface area contributed by atoms with Gasteiger partial charge >= 0.3 is 0 Å². The molecule has 0 saturated carbocycles. The minimum atomic E-state index is -0.793. The van der Waals surface area contributed by atoms with Crippen LogP contribution in [0.5, 0.6) is 0 Å². The Morgan fingerprint density at radius 2 is 2.20 bits per heavy atom. The van der Waals surface area contributed by atoms with Crippen LogP contribution in [0, 0.1) is 4.77 Å². The van der Waals surface area contributed by atoms with Crippen molar-refractivity contribution >= 4 is 45.0 Å². The molecule has 1 N–H and O–H groups in total. The van der Waals surface area contributed by atoms with Crippen molar-refractivity contribution in [3.05, 3.63) is 35.2 Å². The number of hydrogen-bond donors (Lipinski definition) is 1. The molecule has 2 heterocycles. The van der Waals surface area contributed by atoms with E-state index in [0.717, 1.165) is 21.9 Å². The monoisotopic (exact) mass is 305 g/mol. The Balaban J connectivity index is 2.20. The molecular formula is C14H15N3OS2. The Morgan fingerprint density at radius 1 is 1.40 bits per heavy atom. The molecule has 3 rings (SSSR count). The van der Waals surface area contributed by atoms with Gasteiger partial charge in [-0.05, 0) is 18.3 Å². The van der Waals surface area contributed by atoms with Gasteiger partial charge in [-0.25, -0.2) is 0 Å². The first-order chi connectivity index (χ1) is 9.70. The molecule has 2 aromatic heterocycles. The molecule has 1 atom stereocenters. The zero-order valence-electron chi connectivity index (χ0n) is 11.1. The fourth-order valence-corrected chi connectivity index (χ4v) is 3.31. The number of aromatic amines is 1. The fourth-order valence-electron chi connectivity index (χ4n) is 2.34. The van der Waals surface area contributed by atoms with E-state index < -0.39 is 10.8 Å². The number of nitrogens with one attached hydrogen (secondary N) is 1. The average Bonchev–Trinajstić information content (AvgIpc) is 2.80. The first-order valence-electron chi connectivity index (χ1n) is 6.52. The third-order valence-electron chi connectivity index (χ3n) is 3.37. The second kappa shape index (κ2) is 5.46. The zero-order chi connectivity index (χ0) is 14.1. The minimum Gasteiger partial charge on any atom is -0.329 e. The minimum absolute atomic E-state index is 0.619. The molecule has 1 unspecified atom stereocenters. The molecule has 0 spiro atoms. The van der Waals surface area contributed by atoms with Crippen molar-refractivity contribution in [2.45, 2.75) is 13.5 Å². The van der Waals surface area contributed by atoms with E-state index in [1.807, 2.05) is 35.8 Å². The number of H-pyrrole nitrogens is 1. The van der Waals surface area contributed by atoms with E-state index in [-0.39, 0.29) is 0 Å². The molecule has 0 aliphatic carbocycles. The third kappa shape index (κ3) is 2.29. The van der Waals surface area contributed by atoms with Gasteiger partial charge in [0.05, 0.1) is 22.7 Å². The van der Waals surface area contributed by atoms with Crippen LogP contribution < -0.4 is 0 Å². The van der Waals surface area contributed by atoms with Crippen LogP contribution in [-0.4, -0.2) is 30.2 Å². The van der Waals surface area contributed by atoms with Gasteiger partial charge in [-0.1, -0.05) is 25.1 Å². The number of rotatable bonds is 4. The van der Waals surface area contributed by atoms with Gasteiger partial charge in [0, 0.05) is 34.2 Å². The van der Waals surface area contributed by atoms with Crippen LogP contribution >= 0.6 is 12.2 Å². The summed E-state index contributed by atoms with van der Waals surface area (Å²) < 4.78 is 14.3. The summed E-state index contributed by atoms with van der Waals surface area (Å²) in [5.41, 5.74) is 2.92. The summed E-state index contributed by atoms with van der Waals surface area (Å²) in [6, 6.07) is 7.99. The SMILES string of the molecule is CCS(=O)CCn1c(=S)[nH]c2cnc3ccccc3c21. The second-order valence-electron chi connectivity index (χ2n) is 4.55. The van der Waals surface area contributed by atoms with E-state index in [4.69, 9.17) is 12.2 Å². The van der Waals surface area contributed by atoms with Crippen LogP contribution in [0.4, 0.5) is 0 Å². The van der Waals surface area contributed by atoms with Crippen LogP contribution in [0.15, 0.2) is 30.5 Å². The Kier molecular flexibility index (Phi) is 3.67. The Bertz CT molecular complexity index is 850. The van der Waals surface area contributed by atoms with Gasteiger partial charge in [0.1, 0.15) is 0 Å². The van der Waals surface area contributed by atoms with Crippen molar-refractivity contribution in [3.8, 4) is 0 Å². The van der Waals surface area contributed by atoms with Gasteiger partial charge in [0.2, 0.25) is 0 Å². The Morgan fingerprint density at radius 3 is 3.00 bits per heavy atom. The highest BCUT2D eigenvalue weighted by atomic mass is 32.2. The molecule has 4 nitrogen and oxygen atoms in total. The largest absolute Gasteiger partial charge is 0.329 e. The van der Waals surface area contributed by atoms with Crippen molar-refractivity contribution < 1.29 is 4.21 Å². The van der Waals surface area contributed by atoms with E-state index in [0.29, 0.717) is 22.8 Å². The second-order valence-corrected chi connectivity index (χ2v) is 6.80. The summed E-state index contributed by atoms with van der Waals surface area (Å²) in [5.74, 6) is 1.30. The van der Waals surface area contributed by atoms with E-state index in [2.05, 4.69) is 9.97 Å². The van der Waals surface area contributed by atoms with Gasteiger partial charge in [-0.2, -0.15) is 0 Å². The Labute approximate surface area is 124 Å². The lowest BCUT2D eigenvalue weighted by molar-refractivity contribution is 0.675. The maximum Gasteiger partial charge on any atom is 0.178 e. The van der Waals surface area contributed by atoms with Crippen molar-refractivity contribution in [3.63, 3.8) is 0 Å². The molecule has 20 heavy (non-hydrogen) atoms. The number of pyridine rings is 1. The van der Waals surface area contributed by atoms with Crippen LogP contribution in [0.2, 0.25) is 0 Å². The number of imidazole rings is 1. The van der Waals surface area contributed by atoms with Crippen LogP contribution in [-0.2, 0) is 17.3 Å². The first-order valence-corrected chi connectivity index (χ1v) is 8.41. The topological polar surface area (TPSA) is 50.7 Å². The van der Waals surface area contributed by atoms with Crippen LogP contribution in [0.25, 0.3) is 21.9 Å². The molecule has 0 fully saturated rings. The van der Waals surface area contributed by atoms with Crippen LogP contribution in [0.1, 0.15) is 6.92 Å². The molecule has 0 bridgehead atoms. The summed E-state index contributed by atoms with van der Waals surface area (Å²) in [7, 11) is -0.793. The number of fused-ring (bicyclic) bond motifs is 3. The molecule has 3 aromatic rings. The molecular weight excluding hydrogens is 290 g/mol. The molecule has 0 aliphatic rings. The number of aromatic nitrogens is 3. The summed E-state index contributed by atoms with van der Waals surface area (Å²) in [4.78, 5) is 7.60. The predicted octanol–water partition coefficient (Wildman–Crippen LogP) is 3.02. The van der Waals surface area contributed by atoms with E-state index in [1.165, 1.54) is 0 Å². The van der Waals surface area contributed by atoms with Crippen molar-refractivity contribution in [1.82, 2.24) is 14.5 Å². The normalized spacial score (nSPS) is 13.1. The standard InChI is InChI=1S/C14H15N3OS2/c1-2-20(18)8-7-17-13-10-5-3-4-6-11(10)15-9-12(13)16-14(17)19/h3-6,9H,2,7-8H2,1H3,(H,16,19). The number of benzene rings is 1. The van der Waals surface area contributed by atoms with Crippen LogP contribution in [0.3, 0.4) is 0 Å². The first kappa shape index (κ1) is 13.5. The van der Waals surface area contributed by atoms with Crippen molar-refractivity contribution in [2.24, 2.45) is 0 Å². The zero-order valence-corrected chi connectivity index (χ0v) is 12.8. The predicted molar refractivity (Wildman–Crippen MR) is 86.0 cm³/mol. The van der Waals surface area contributed by atoms with E-state index in [1.54, 1.807) is 6.20 Å². The third-order valence-corrected chi connectivity index (χ3v) is 4.97. The maximum atomic E-state index is 11.7. The number of hydrogen-bond acceptors (Lipinski definition) is 3. The van der Waals surface area contributed by atoms with E-state index in [9.17, 15) is 4.21 Å². The lowest BCUT2D eigenvalue weighted by atomic mass is 10.2. The highest BCUT2D eigenvalue weighted by molar-refractivity contribution is 7.84. The fraction of sp³-hybridized carbons (Fsp3) is 0.286. The quantitative estimate of drug-likeness (QED) is 0.754. The molecule has 1 aromatic carbocycles. The van der Waals surface area contributed by atoms with Gasteiger partial charge < -0.3 is 9.55 Å². The van der Waals surface area contributed by atoms with E-state index >= 15 is 0 Å². The molecule has 104 valence electrons. The maximum absolute atomic E-state index is 11.7. The molecule has 0 saturated heterocycles. The lowest BCUT2D eigenvalue weighted by Crippen LogP contribution is -2.09. The van der Waals surface area contributed by atoms with Crippen molar-refractivity contribution in [1.29, 1.82) is 0 Å². The average molecular weight is 305 g/mol. The van der Waals surface area contributed by atoms with Gasteiger partial charge in [0.25, 0.3) is 0 Å². The summed E-state index contributed by atoms with van der Waals surface area (Å²) in [6.07, 6.45) is 1.81. The molecule has 6 heteroatoms. The highest BCUT2D eigenvalue weighted by Crippen LogP contribution is 2.23. The smallest absolute Gasteiger partial charge is 0.178 e. The molecule has 0 amide bonds. The highest BCUT2D eigenvalue weighted by Gasteiger charge is 2.09. The lowest BCUT2D eigenvalue weighted by Gasteiger charge is -2.06. The molecule has 0 radical (unpaired) electrons. The molecule has 0 aliphatic heterocycles. The Hall–Kier alpha value is -1.53. The number of nitrogens with zero attached hydrogens (tertiary/aromatic N) is 2. The van der Waals surface area contributed by atoms with Gasteiger partial charge in [0.15, 0.2) is 4.77 Å². The van der Waals surface area contributed by atoms with Gasteiger partial charge in [-0.15, -0.1) is 0 Å². The summed E-state index contributed by atoms with van der Waals surface area (Å²) in [6.45, 7) is 2.59.